The molecule has 0 aromatic heterocycles. The third-order valence-electron chi connectivity index (χ3n) is 6.06. The molecule has 0 saturated carbocycles. The zero-order valence-corrected chi connectivity index (χ0v) is 20.0. The number of rotatable bonds is 5. The summed E-state index contributed by atoms with van der Waals surface area (Å²) in [5.74, 6) is 0.510. The highest BCUT2D eigenvalue weighted by atomic mass is 16.3. The summed E-state index contributed by atoms with van der Waals surface area (Å²) in [5, 5.41) is 11.3. The van der Waals surface area contributed by atoms with Crippen LogP contribution in [0.25, 0.3) is 0 Å². The molecule has 0 bridgehead atoms. The van der Waals surface area contributed by atoms with Gasteiger partial charge in [0.15, 0.2) is 0 Å². The lowest BCUT2D eigenvalue weighted by molar-refractivity contribution is 0.436. The summed E-state index contributed by atoms with van der Waals surface area (Å²) in [6.45, 7) is 19.7. The molecule has 1 unspecified atom stereocenters. The van der Waals surface area contributed by atoms with Gasteiger partial charge in [-0.2, -0.15) is 0 Å². The van der Waals surface area contributed by atoms with Gasteiger partial charge < -0.3 is 10.8 Å². The molecule has 2 nitrogen and oxygen atoms in total. The molecular formula is C27H41NO. The molecule has 29 heavy (non-hydrogen) atoms. The molecule has 0 saturated heterocycles. The van der Waals surface area contributed by atoms with Crippen molar-refractivity contribution in [1.82, 2.24) is 0 Å². The van der Waals surface area contributed by atoms with Gasteiger partial charge >= 0.3 is 0 Å². The molecule has 2 rings (SSSR count). The van der Waals surface area contributed by atoms with Crippen molar-refractivity contribution in [2.75, 3.05) is 5.73 Å². The molecule has 1 atom stereocenters. The fourth-order valence-corrected chi connectivity index (χ4v) is 4.22. The summed E-state index contributed by atoms with van der Waals surface area (Å²) in [4.78, 5) is 0. The van der Waals surface area contributed by atoms with E-state index in [1.807, 2.05) is 0 Å². The van der Waals surface area contributed by atoms with E-state index in [9.17, 15) is 5.11 Å². The Bertz CT molecular complexity index is 794. The minimum atomic E-state index is -0.115. The first-order chi connectivity index (χ1) is 13.3. The Morgan fingerprint density at radius 2 is 1.21 bits per heavy atom. The van der Waals surface area contributed by atoms with Crippen molar-refractivity contribution >= 4 is 5.69 Å². The Kier molecular flexibility index (Phi) is 6.77. The number of hydrogen-bond donors (Lipinski definition) is 2. The average molecular weight is 396 g/mol. The van der Waals surface area contributed by atoms with Gasteiger partial charge in [0.2, 0.25) is 0 Å². The fraction of sp³-hybridized carbons (Fsp3) is 0.556. The van der Waals surface area contributed by atoms with Gasteiger partial charge in [0.05, 0.1) is 0 Å². The van der Waals surface area contributed by atoms with Gasteiger partial charge in [0.1, 0.15) is 5.75 Å². The summed E-state index contributed by atoms with van der Waals surface area (Å²) in [5.41, 5.74) is 14.5. The number of nitrogen functional groups attached to an aromatic ring is 1. The number of nitrogens with two attached hydrogens (primary N) is 1. The number of aryl methyl sites for hydroxylation is 2. The zero-order chi connectivity index (χ0) is 22.1. The van der Waals surface area contributed by atoms with Crippen LogP contribution in [0.15, 0.2) is 24.3 Å². The van der Waals surface area contributed by atoms with Crippen molar-refractivity contribution in [1.29, 1.82) is 0 Å². The Morgan fingerprint density at radius 3 is 1.62 bits per heavy atom. The van der Waals surface area contributed by atoms with E-state index in [1.165, 1.54) is 16.7 Å². The maximum Gasteiger partial charge on any atom is 0.123 e. The normalized spacial score (nSPS) is 13.6. The molecule has 0 aliphatic heterocycles. The summed E-state index contributed by atoms with van der Waals surface area (Å²) in [6.07, 6.45) is 2.82. The van der Waals surface area contributed by atoms with Gasteiger partial charge in [-0.3, -0.25) is 0 Å². The van der Waals surface area contributed by atoms with Crippen molar-refractivity contribution in [2.24, 2.45) is 0 Å². The van der Waals surface area contributed by atoms with Crippen molar-refractivity contribution in [2.45, 2.75) is 98.3 Å². The first-order valence-electron chi connectivity index (χ1n) is 11.1. The van der Waals surface area contributed by atoms with Crippen LogP contribution in [-0.4, -0.2) is 5.11 Å². The predicted octanol–water partition coefficient (Wildman–Crippen LogP) is 7.24. The SMILES string of the molecule is CCc1cc(C(CC)c2cc(CC)cc(C(C)(C)C)c2O)c(N)c(C(C)(C)C)c1. The number of aromatic hydroxyl groups is 1. The molecule has 2 aromatic carbocycles. The molecule has 0 radical (unpaired) electrons. The van der Waals surface area contributed by atoms with Crippen LogP contribution in [0.1, 0.15) is 108 Å². The second-order valence-electron chi connectivity index (χ2n) is 10.4. The zero-order valence-electron chi connectivity index (χ0n) is 20.0. The lowest BCUT2D eigenvalue weighted by Crippen LogP contribution is -2.18. The Morgan fingerprint density at radius 1 is 0.759 bits per heavy atom. The van der Waals surface area contributed by atoms with E-state index in [0.29, 0.717) is 5.75 Å². The summed E-state index contributed by atoms with van der Waals surface area (Å²) in [7, 11) is 0. The minimum Gasteiger partial charge on any atom is -0.507 e. The molecule has 0 aliphatic carbocycles. The lowest BCUT2D eigenvalue weighted by atomic mass is 9.76. The lowest BCUT2D eigenvalue weighted by Gasteiger charge is -2.29. The van der Waals surface area contributed by atoms with Gasteiger partial charge in [0.25, 0.3) is 0 Å². The summed E-state index contributed by atoms with van der Waals surface area (Å²) < 4.78 is 0. The molecule has 0 spiro atoms. The molecule has 160 valence electrons. The molecule has 0 heterocycles. The van der Waals surface area contributed by atoms with Gasteiger partial charge in [-0.1, -0.05) is 86.6 Å². The van der Waals surface area contributed by atoms with Crippen LogP contribution in [0, 0.1) is 0 Å². The highest BCUT2D eigenvalue weighted by Gasteiger charge is 2.28. The second-order valence-corrected chi connectivity index (χ2v) is 10.4. The van der Waals surface area contributed by atoms with Crippen LogP contribution >= 0.6 is 0 Å². The van der Waals surface area contributed by atoms with Crippen LogP contribution < -0.4 is 5.73 Å². The maximum absolute atomic E-state index is 11.3. The van der Waals surface area contributed by atoms with Gasteiger partial charge in [-0.25, -0.2) is 0 Å². The van der Waals surface area contributed by atoms with E-state index in [4.69, 9.17) is 5.73 Å². The molecule has 0 fully saturated rings. The predicted molar refractivity (Wildman–Crippen MR) is 127 cm³/mol. The minimum absolute atomic E-state index is 0.0216. The number of hydrogen-bond acceptors (Lipinski definition) is 2. The van der Waals surface area contributed by atoms with E-state index in [0.717, 1.165) is 41.6 Å². The van der Waals surface area contributed by atoms with Crippen molar-refractivity contribution < 1.29 is 5.11 Å². The van der Waals surface area contributed by atoms with Crippen LogP contribution in [-0.2, 0) is 23.7 Å². The van der Waals surface area contributed by atoms with Gasteiger partial charge in [0, 0.05) is 17.2 Å². The molecule has 2 heteroatoms. The van der Waals surface area contributed by atoms with Crippen LogP contribution in [0.3, 0.4) is 0 Å². The fourth-order valence-electron chi connectivity index (χ4n) is 4.22. The average Bonchev–Trinajstić information content (AvgIpc) is 2.62. The van der Waals surface area contributed by atoms with Crippen molar-refractivity contribution in [3.05, 3.63) is 57.6 Å². The highest BCUT2D eigenvalue weighted by molar-refractivity contribution is 5.63. The van der Waals surface area contributed by atoms with Crippen LogP contribution in [0.2, 0.25) is 0 Å². The van der Waals surface area contributed by atoms with Crippen LogP contribution in [0.4, 0.5) is 5.69 Å². The molecule has 0 aliphatic rings. The number of benzene rings is 2. The van der Waals surface area contributed by atoms with E-state index < -0.39 is 0 Å². The number of phenolic OH excluding ortho intramolecular Hbond substituents is 1. The number of phenols is 1. The Balaban J connectivity index is 2.82. The van der Waals surface area contributed by atoms with Crippen molar-refractivity contribution in [3.63, 3.8) is 0 Å². The maximum atomic E-state index is 11.3. The summed E-state index contributed by atoms with van der Waals surface area (Å²) in [6, 6.07) is 8.87. The Hall–Kier alpha value is -1.96. The first kappa shape index (κ1) is 23.3. The topological polar surface area (TPSA) is 46.2 Å². The van der Waals surface area contributed by atoms with Gasteiger partial charge in [-0.05, 0) is 57.9 Å². The number of anilines is 1. The van der Waals surface area contributed by atoms with E-state index >= 15 is 0 Å². The third-order valence-corrected chi connectivity index (χ3v) is 6.06. The van der Waals surface area contributed by atoms with Crippen LogP contribution in [0.5, 0.6) is 5.75 Å². The smallest absolute Gasteiger partial charge is 0.123 e. The molecule has 3 N–H and O–H groups in total. The quantitative estimate of drug-likeness (QED) is 0.524. The van der Waals surface area contributed by atoms with Crippen molar-refractivity contribution in [3.8, 4) is 5.75 Å². The van der Waals surface area contributed by atoms with E-state index in [1.54, 1.807) is 0 Å². The van der Waals surface area contributed by atoms with Gasteiger partial charge in [-0.15, -0.1) is 0 Å². The van der Waals surface area contributed by atoms with E-state index in [-0.39, 0.29) is 16.7 Å². The summed E-state index contributed by atoms with van der Waals surface area (Å²) >= 11 is 0. The third kappa shape index (κ3) is 4.79. The highest BCUT2D eigenvalue weighted by Crippen LogP contribution is 2.44. The Labute approximate surface area is 178 Å². The first-order valence-corrected chi connectivity index (χ1v) is 11.1. The monoisotopic (exact) mass is 395 g/mol. The molecular weight excluding hydrogens is 354 g/mol. The standard InChI is InChI=1S/C27H41NO/c1-10-17-13-20(24(28)22(15-17)26(4,5)6)19(12-3)21-14-18(11-2)16-23(25(21)29)27(7,8)9/h13-16,19,29H,10-12,28H2,1-9H3. The molecule has 0 amide bonds. The largest absolute Gasteiger partial charge is 0.507 e. The van der Waals surface area contributed by atoms with E-state index in [2.05, 4.69) is 86.6 Å². The second kappa shape index (κ2) is 8.42. The molecule has 2 aromatic rings.